The summed E-state index contributed by atoms with van der Waals surface area (Å²) in [6.45, 7) is 4.79. The molecule has 212 valence electrons. The molecule has 8 nitrogen and oxygen atoms in total. The Morgan fingerprint density at radius 3 is 1.93 bits per heavy atom. The second-order valence-corrected chi connectivity index (χ2v) is 9.84. The summed E-state index contributed by atoms with van der Waals surface area (Å²) in [5.41, 5.74) is 1.55. The first-order chi connectivity index (χ1) is 19.9. The Hall–Kier alpha value is -3.98. The van der Waals surface area contributed by atoms with E-state index in [0.717, 1.165) is 25.1 Å². The van der Waals surface area contributed by atoms with Gasteiger partial charge in [-0.15, -0.1) is 0 Å². The van der Waals surface area contributed by atoms with Gasteiger partial charge in [0.25, 0.3) is 0 Å². The number of ether oxygens (including phenoxy) is 3. The predicted octanol–water partition coefficient (Wildman–Crippen LogP) is 6.56. The maximum absolute atomic E-state index is 12.8. The Morgan fingerprint density at radius 1 is 0.756 bits per heavy atom. The van der Waals surface area contributed by atoms with Crippen LogP contribution in [0.5, 0.6) is 17.2 Å². The molecule has 41 heavy (non-hydrogen) atoms. The maximum atomic E-state index is 12.8. The monoisotopic (exact) mass is 593 g/mol. The van der Waals surface area contributed by atoms with Gasteiger partial charge in [-0.05, 0) is 73.5 Å². The van der Waals surface area contributed by atoms with Crippen LogP contribution < -0.4 is 14.2 Å². The van der Waals surface area contributed by atoms with Gasteiger partial charge in [0.2, 0.25) is 0 Å². The van der Waals surface area contributed by atoms with Crippen molar-refractivity contribution in [3.05, 3.63) is 112 Å². The number of carbonyl (C=O) groups is 2. The fraction of sp³-hybridized carbons (Fsp3) is 0.226. The van der Waals surface area contributed by atoms with Crippen LogP contribution in [0.1, 0.15) is 39.6 Å². The molecule has 2 aromatic heterocycles. The molecule has 4 rings (SSSR count). The third-order valence-electron chi connectivity index (χ3n) is 6.07. The number of aromatic nitrogens is 2. The number of benzene rings is 2. The molecular weight excluding hydrogens is 565 g/mol. The van der Waals surface area contributed by atoms with Crippen molar-refractivity contribution in [2.45, 2.75) is 19.8 Å². The van der Waals surface area contributed by atoms with Crippen molar-refractivity contribution in [1.82, 2.24) is 14.9 Å². The quantitative estimate of drug-likeness (QED) is 0.127. The van der Waals surface area contributed by atoms with E-state index in [9.17, 15) is 9.59 Å². The largest absolute Gasteiger partial charge is 0.489 e. The molecule has 2 heterocycles. The lowest BCUT2D eigenvalue weighted by Crippen LogP contribution is -2.31. The van der Waals surface area contributed by atoms with Crippen LogP contribution in [0, 0.1) is 0 Å². The Morgan fingerprint density at radius 2 is 1.34 bits per heavy atom. The molecule has 0 saturated heterocycles. The summed E-state index contributed by atoms with van der Waals surface area (Å²) >= 11 is 12.4. The highest BCUT2D eigenvalue weighted by Gasteiger charge is 2.18. The van der Waals surface area contributed by atoms with Crippen molar-refractivity contribution in [3.63, 3.8) is 0 Å². The number of carbonyl (C=O) groups excluding carboxylic acids is 2. The smallest absolute Gasteiger partial charge is 0.343 e. The number of pyridine rings is 2. The fourth-order valence-corrected chi connectivity index (χ4v) is 4.51. The van der Waals surface area contributed by atoms with Gasteiger partial charge in [-0.1, -0.05) is 42.3 Å². The first-order valence-electron chi connectivity index (χ1n) is 13.1. The molecule has 0 spiro atoms. The van der Waals surface area contributed by atoms with Gasteiger partial charge in [0.1, 0.15) is 6.61 Å². The average Bonchev–Trinajstić information content (AvgIpc) is 2.99. The second-order valence-electron chi connectivity index (χ2n) is 9.02. The van der Waals surface area contributed by atoms with E-state index in [1.807, 2.05) is 6.07 Å². The highest BCUT2D eigenvalue weighted by atomic mass is 35.5. The van der Waals surface area contributed by atoms with E-state index in [0.29, 0.717) is 46.5 Å². The van der Waals surface area contributed by atoms with Crippen LogP contribution in [0.2, 0.25) is 10.0 Å². The summed E-state index contributed by atoms with van der Waals surface area (Å²) in [6.07, 6.45) is 7.63. The van der Waals surface area contributed by atoms with Gasteiger partial charge in [-0.25, -0.2) is 9.59 Å². The summed E-state index contributed by atoms with van der Waals surface area (Å²) in [7, 11) is 0. The molecule has 0 amide bonds. The molecule has 0 aliphatic rings. The standard InChI is InChI=1S/C31H29Cl2N3O5/c1-2-17-36(19-20-39-29-25(32)4-3-5-26(29)33)18-12-22-6-7-27(40-30(37)23-8-13-34-14-9-23)28(21-22)41-31(38)24-10-15-35-16-11-24/h3-11,13-16,21H,2,12,17-20H2,1H3. The Bertz CT molecular complexity index is 1430. The summed E-state index contributed by atoms with van der Waals surface area (Å²) in [4.78, 5) is 35.7. The van der Waals surface area contributed by atoms with E-state index in [-0.39, 0.29) is 11.5 Å². The maximum Gasteiger partial charge on any atom is 0.343 e. The zero-order valence-electron chi connectivity index (χ0n) is 22.5. The van der Waals surface area contributed by atoms with Gasteiger partial charge in [0, 0.05) is 37.9 Å². The highest BCUT2D eigenvalue weighted by Crippen LogP contribution is 2.32. The van der Waals surface area contributed by atoms with Gasteiger partial charge < -0.3 is 14.2 Å². The predicted molar refractivity (Wildman–Crippen MR) is 157 cm³/mol. The molecule has 4 aromatic rings. The van der Waals surface area contributed by atoms with Gasteiger partial charge in [0.05, 0.1) is 21.2 Å². The summed E-state index contributed by atoms with van der Waals surface area (Å²) < 4.78 is 17.2. The van der Waals surface area contributed by atoms with Gasteiger partial charge >= 0.3 is 11.9 Å². The van der Waals surface area contributed by atoms with E-state index in [1.165, 1.54) is 24.8 Å². The zero-order chi connectivity index (χ0) is 29.0. The fourth-order valence-electron chi connectivity index (χ4n) is 4.00. The molecule has 0 atom stereocenters. The van der Waals surface area contributed by atoms with Crippen molar-refractivity contribution in [2.75, 3.05) is 26.2 Å². The van der Waals surface area contributed by atoms with Gasteiger partial charge in [-0.3, -0.25) is 14.9 Å². The number of halogens is 2. The summed E-state index contributed by atoms with van der Waals surface area (Å²) in [5.74, 6) is -0.424. The number of nitrogens with zero attached hydrogens (tertiary/aromatic N) is 3. The lowest BCUT2D eigenvalue weighted by molar-refractivity contribution is 0.0682. The lowest BCUT2D eigenvalue weighted by atomic mass is 10.1. The van der Waals surface area contributed by atoms with Crippen molar-refractivity contribution in [2.24, 2.45) is 0 Å². The molecule has 2 aromatic carbocycles. The number of para-hydroxylation sites is 1. The third kappa shape index (κ3) is 8.75. The van der Waals surface area contributed by atoms with Crippen molar-refractivity contribution < 1.29 is 23.8 Å². The summed E-state index contributed by atoms with van der Waals surface area (Å²) in [5, 5.41) is 0.941. The van der Waals surface area contributed by atoms with Crippen LogP contribution in [0.15, 0.2) is 85.5 Å². The lowest BCUT2D eigenvalue weighted by Gasteiger charge is -2.22. The Kier molecular flexibility index (Phi) is 11.1. The minimum atomic E-state index is -0.589. The molecular formula is C31H29Cl2N3O5. The van der Waals surface area contributed by atoms with Crippen LogP contribution >= 0.6 is 23.2 Å². The molecule has 10 heteroatoms. The molecule has 0 fully saturated rings. The van der Waals surface area contributed by atoms with Gasteiger partial charge in [0.15, 0.2) is 17.2 Å². The summed E-state index contributed by atoms with van der Waals surface area (Å²) in [6, 6.07) is 16.7. The van der Waals surface area contributed by atoms with Crippen LogP contribution in [-0.4, -0.2) is 53.0 Å². The third-order valence-corrected chi connectivity index (χ3v) is 6.67. The number of rotatable bonds is 13. The van der Waals surface area contributed by atoms with Crippen LogP contribution in [0.3, 0.4) is 0 Å². The molecule has 0 radical (unpaired) electrons. The van der Waals surface area contributed by atoms with E-state index in [1.54, 1.807) is 54.6 Å². The molecule has 0 unspecified atom stereocenters. The second kappa shape index (κ2) is 15.1. The van der Waals surface area contributed by atoms with Crippen molar-refractivity contribution in [1.29, 1.82) is 0 Å². The van der Waals surface area contributed by atoms with Crippen LogP contribution in [0.4, 0.5) is 0 Å². The van der Waals surface area contributed by atoms with Crippen molar-refractivity contribution in [3.8, 4) is 17.2 Å². The SMILES string of the molecule is CCCN(CCOc1c(Cl)cccc1Cl)CCc1ccc(OC(=O)c2ccncc2)c(OC(=O)c2ccncc2)c1. The van der Waals surface area contributed by atoms with Gasteiger partial charge in [-0.2, -0.15) is 0 Å². The van der Waals surface area contributed by atoms with E-state index < -0.39 is 11.9 Å². The van der Waals surface area contributed by atoms with E-state index >= 15 is 0 Å². The Balaban J connectivity index is 1.46. The van der Waals surface area contributed by atoms with Crippen LogP contribution in [0.25, 0.3) is 0 Å². The minimum Gasteiger partial charge on any atom is -0.489 e. The minimum absolute atomic E-state index is 0.133. The molecule has 0 saturated carbocycles. The number of hydrogen-bond donors (Lipinski definition) is 0. The average molecular weight is 594 g/mol. The molecule has 0 bridgehead atoms. The first-order valence-corrected chi connectivity index (χ1v) is 13.9. The first kappa shape index (κ1) is 30.0. The Labute approximate surface area is 248 Å². The van der Waals surface area contributed by atoms with Crippen LogP contribution in [-0.2, 0) is 6.42 Å². The van der Waals surface area contributed by atoms with E-state index in [2.05, 4.69) is 21.8 Å². The molecule has 0 aliphatic heterocycles. The topological polar surface area (TPSA) is 90.9 Å². The molecule has 0 N–H and O–H groups in total. The number of esters is 2. The van der Waals surface area contributed by atoms with Crippen molar-refractivity contribution >= 4 is 35.1 Å². The van der Waals surface area contributed by atoms with E-state index in [4.69, 9.17) is 37.4 Å². The normalized spacial score (nSPS) is 10.8. The zero-order valence-corrected chi connectivity index (χ0v) is 24.0. The molecule has 0 aliphatic carbocycles. The highest BCUT2D eigenvalue weighted by molar-refractivity contribution is 6.37. The number of hydrogen-bond acceptors (Lipinski definition) is 8.